The molecule has 7 nitrogen and oxygen atoms in total. The fourth-order valence-corrected chi connectivity index (χ4v) is 1.79. The summed E-state index contributed by atoms with van der Waals surface area (Å²) in [6.45, 7) is 3.25. The van der Waals surface area contributed by atoms with E-state index in [9.17, 15) is 10.1 Å². The Bertz CT molecular complexity index is 691. The SMILES string of the molecule is Cc1ccc(Cl)cc1Oc1nc(N)nc(C)c1[N+](=O)[O-]. The Kier molecular flexibility index (Phi) is 3.71. The first-order valence-corrected chi connectivity index (χ1v) is 5.99. The summed E-state index contributed by atoms with van der Waals surface area (Å²) in [5.41, 5.74) is 6.08. The lowest BCUT2D eigenvalue weighted by atomic mass is 10.2. The van der Waals surface area contributed by atoms with E-state index in [1.165, 1.54) is 6.92 Å². The van der Waals surface area contributed by atoms with Gasteiger partial charge >= 0.3 is 11.6 Å². The Morgan fingerprint density at radius 1 is 1.35 bits per heavy atom. The molecule has 0 aliphatic rings. The van der Waals surface area contributed by atoms with Crippen LogP contribution >= 0.6 is 11.6 Å². The number of nitrogens with two attached hydrogens (primary N) is 1. The molecule has 0 atom stereocenters. The van der Waals surface area contributed by atoms with Crippen molar-refractivity contribution in [3.8, 4) is 11.6 Å². The zero-order chi connectivity index (χ0) is 14.9. The number of anilines is 1. The number of nitro groups is 1. The number of benzene rings is 1. The van der Waals surface area contributed by atoms with Gasteiger partial charge in [-0.25, -0.2) is 4.98 Å². The van der Waals surface area contributed by atoms with Gasteiger partial charge in [-0.05, 0) is 31.5 Å². The van der Waals surface area contributed by atoms with Crippen LogP contribution in [0.25, 0.3) is 0 Å². The fraction of sp³-hybridized carbons (Fsp3) is 0.167. The summed E-state index contributed by atoms with van der Waals surface area (Å²) < 4.78 is 5.49. The highest BCUT2D eigenvalue weighted by atomic mass is 35.5. The summed E-state index contributed by atoms with van der Waals surface area (Å²) in [7, 11) is 0. The highest BCUT2D eigenvalue weighted by Gasteiger charge is 2.24. The topological polar surface area (TPSA) is 104 Å². The van der Waals surface area contributed by atoms with Crippen LogP contribution in [0.1, 0.15) is 11.3 Å². The van der Waals surface area contributed by atoms with Gasteiger partial charge in [0.2, 0.25) is 5.95 Å². The summed E-state index contributed by atoms with van der Waals surface area (Å²) in [6, 6.07) is 4.98. The van der Waals surface area contributed by atoms with Crippen LogP contribution in [0.15, 0.2) is 18.2 Å². The van der Waals surface area contributed by atoms with Crippen molar-refractivity contribution >= 4 is 23.2 Å². The van der Waals surface area contributed by atoms with Crippen molar-refractivity contribution in [2.45, 2.75) is 13.8 Å². The van der Waals surface area contributed by atoms with Crippen molar-refractivity contribution in [1.82, 2.24) is 9.97 Å². The predicted molar refractivity (Wildman–Crippen MR) is 74.1 cm³/mol. The van der Waals surface area contributed by atoms with Gasteiger partial charge in [-0.3, -0.25) is 10.1 Å². The zero-order valence-electron chi connectivity index (χ0n) is 10.8. The lowest BCUT2D eigenvalue weighted by molar-refractivity contribution is -0.386. The minimum absolute atomic E-state index is 0.0946. The van der Waals surface area contributed by atoms with Crippen LogP contribution in [0.3, 0.4) is 0 Å². The molecule has 0 saturated heterocycles. The van der Waals surface area contributed by atoms with Gasteiger partial charge in [-0.1, -0.05) is 17.7 Å². The van der Waals surface area contributed by atoms with Crippen molar-refractivity contribution in [2.75, 3.05) is 5.73 Å². The standard InChI is InChI=1S/C12H11ClN4O3/c1-6-3-4-8(13)5-9(6)20-11-10(17(18)19)7(2)15-12(14)16-11/h3-5H,1-2H3,(H2,14,15,16). The first-order chi connectivity index (χ1) is 9.38. The van der Waals surface area contributed by atoms with Gasteiger partial charge < -0.3 is 10.5 Å². The molecular weight excluding hydrogens is 284 g/mol. The number of halogens is 1. The van der Waals surface area contributed by atoms with E-state index in [2.05, 4.69) is 9.97 Å². The van der Waals surface area contributed by atoms with Crippen LogP contribution < -0.4 is 10.5 Å². The number of ether oxygens (including phenoxy) is 1. The Hall–Kier alpha value is -2.41. The molecule has 0 unspecified atom stereocenters. The summed E-state index contributed by atoms with van der Waals surface area (Å²) in [4.78, 5) is 18.0. The third-order valence-corrected chi connectivity index (χ3v) is 2.82. The van der Waals surface area contributed by atoms with Gasteiger partial charge in [-0.15, -0.1) is 0 Å². The summed E-state index contributed by atoms with van der Waals surface area (Å²) in [6.07, 6.45) is 0. The molecule has 0 amide bonds. The Labute approximate surface area is 119 Å². The highest BCUT2D eigenvalue weighted by Crippen LogP contribution is 2.34. The maximum atomic E-state index is 11.1. The molecule has 20 heavy (non-hydrogen) atoms. The molecule has 0 fully saturated rings. The number of aromatic nitrogens is 2. The smallest absolute Gasteiger partial charge is 0.352 e. The molecule has 2 N–H and O–H groups in total. The van der Waals surface area contributed by atoms with E-state index >= 15 is 0 Å². The molecule has 0 spiro atoms. The molecule has 0 aliphatic carbocycles. The van der Waals surface area contributed by atoms with E-state index in [1.54, 1.807) is 25.1 Å². The average molecular weight is 295 g/mol. The van der Waals surface area contributed by atoms with Gasteiger partial charge in [0.15, 0.2) is 0 Å². The van der Waals surface area contributed by atoms with Crippen molar-refractivity contribution in [3.05, 3.63) is 44.6 Å². The van der Waals surface area contributed by atoms with Gasteiger partial charge in [0.05, 0.1) is 4.92 Å². The van der Waals surface area contributed by atoms with Gasteiger partial charge in [0.1, 0.15) is 11.4 Å². The van der Waals surface area contributed by atoms with Crippen molar-refractivity contribution in [1.29, 1.82) is 0 Å². The lowest BCUT2D eigenvalue weighted by Crippen LogP contribution is -2.05. The van der Waals surface area contributed by atoms with E-state index in [-0.39, 0.29) is 23.2 Å². The molecule has 2 aromatic rings. The Morgan fingerprint density at radius 2 is 2.05 bits per heavy atom. The van der Waals surface area contributed by atoms with Crippen LogP contribution in [0, 0.1) is 24.0 Å². The maximum absolute atomic E-state index is 11.1. The summed E-state index contributed by atoms with van der Waals surface area (Å²) in [5.74, 6) is 0.0752. The number of nitrogens with zero attached hydrogens (tertiary/aromatic N) is 3. The van der Waals surface area contributed by atoms with E-state index < -0.39 is 4.92 Å². The second kappa shape index (κ2) is 5.30. The Morgan fingerprint density at radius 3 is 2.70 bits per heavy atom. The van der Waals surface area contributed by atoms with Gasteiger partial charge in [-0.2, -0.15) is 4.98 Å². The first kappa shape index (κ1) is 14.0. The molecule has 0 radical (unpaired) electrons. The normalized spacial score (nSPS) is 10.3. The van der Waals surface area contributed by atoms with Gasteiger partial charge in [0, 0.05) is 5.02 Å². The van der Waals surface area contributed by atoms with Crippen LogP contribution in [-0.2, 0) is 0 Å². The van der Waals surface area contributed by atoms with Crippen LogP contribution in [0.2, 0.25) is 5.02 Å². The van der Waals surface area contributed by atoms with Crippen LogP contribution in [0.4, 0.5) is 11.6 Å². The number of aryl methyl sites for hydroxylation is 2. The molecule has 0 aliphatic heterocycles. The number of hydrogen-bond donors (Lipinski definition) is 1. The zero-order valence-corrected chi connectivity index (χ0v) is 11.5. The predicted octanol–water partition coefficient (Wildman–Crippen LogP) is 3.03. The molecule has 1 heterocycles. The second-order valence-corrected chi connectivity index (χ2v) is 4.53. The van der Waals surface area contributed by atoms with Crippen molar-refractivity contribution in [2.24, 2.45) is 0 Å². The van der Waals surface area contributed by atoms with E-state index in [0.29, 0.717) is 10.8 Å². The third-order valence-electron chi connectivity index (χ3n) is 2.58. The lowest BCUT2D eigenvalue weighted by Gasteiger charge is -2.09. The molecule has 104 valence electrons. The molecule has 1 aromatic carbocycles. The quantitative estimate of drug-likeness (QED) is 0.689. The number of hydrogen-bond acceptors (Lipinski definition) is 6. The van der Waals surface area contributed by atoms with E-state index in [4.69, 9.17) is 22.1 Å². The monoisotopic (exact) mass is 294 g/mol. The molecule has 2 rings (SSSR count). The largest absolute Gasteiger partial charge is 0.433 e. The maximum Gasteiger partial charge on any atom is 0.352 e. The molecule has 1 aromatic heterocycles. The molecule has 0 bridgehead atoms. The minimum Gasteiger partial charge on any atom is -0.433 e. The summed E-state index contributed by atoms with van der Waals surface area (Å²) >= 11 is 5.88. The highest BCUT2D eigenvalue weighted by molar-refractivity contribution is 6.30. The van der Waals surface area contributed by atoms with Crippen LogP contribution in [-0.4, -0.2) is 14.9 Å². The average Bonchev–Trinajstić information content (AvgIpc) is 2.32. The van der Waals surface area contributed by atoms with E-state index in [0.717, 1.165) is 5.56 Å². The third kappa shape index (κ3) is 2.77. The van der Waals surface area contributed by atoms with Crippen molar-refractivity contribution in [3.63, 3.8) is 0 Å². The van der Waals surface area contributed by atoms with Crippen LogP contribution in [0.5, 0.6) is 11.6 Å². The molecule has 0 saturated carbocycles. The summed E-state index contributed by atoms with van der Waals surface area (Å²) in [5, 5.41) is 11.5. The minimum atomic E-state index is -0.607. The Balaban J connectivity index is 2.53. The number of rotatable bonds is 3. The first-order valence-electron chi connectivity index (χ1n) is 5.61. The molecule has 8 heteroatoms. The number of nitrogen functional groups attached to an aromatic ring is 1. The van der Waals surface area contributed by atoms with E-state index in [1.807, 2.05) is 0 Å². The fourth-order valence-electron chi connectivity index (χ4n) is 1.63. The second-order valence-electron chi connectivity index (χ2n) is 4.09. The van der Waals surface area contributed by atoms with Crippen molar-refractivity contribution < 1.29 is 9.66 Å². The van der Waals surface area contributed by atoms with Gasteiger partial charge in [0.25, 0.3) is 0 Å². The molecular formula is C12H11ClN4O3.